The highest BCUT2D eigenvalue weighted by atomic mass is 32.2. The van der Waals surface area contributed by atoms with E-state index < -0.39 is 10.0 Å². The summed E-state index contributed by atoms with van der Waals surface area (Å²) in [6, 6.07) is 10.9. The molecule has 1 fully saturated rings. The number of carbonyl (C=O) groups excluding carboxylic acids is 1. The number of amides is 1. The monoisotopic (exact) mass is 527 g/mol. The minimum absolute atomic E-state index is 0.275. The lowest BCUT2D eigenvalue weighted by Gasteiger charge is -2.29. The predicted octanol–water partition coefficient (Wildman–Crippen LogP) is 4.29. The molecule has 0 bridgehead atoms. The van der Waals surface area contributed by atoms with Gasteiger partial charge >= 0.3 is 6.09 Å². The summed E-state index contributed by atoms with van der Waals surface area (Å²) in [4.78, 5) is 24.6. The Balaban J connectivity index is 1.26. The van der Waals surface area contributed by atoms with Gasteiger partial charge in [-0.3, -0.25) is 9.21 Å². The topological polar surface area (TPSA) is 98.8 Å². The highest BCUT2D eigenvalue weighted by Gasteiger charge is 2.31. The van der Waals surface area contributed by atoms with Gasteiger partial charge in [-0.2, -0.15) is 0 Å². The quantitative estimate of drug-likeness (QED) is 0.402. The average Bonchev–Trinajstić information content (AvgIpc) is 3.64. The molecule has 0 unspecified atom stereocenters. The predicted molar refractivity (Wildman–Crippen MR) is 136 cm³/mol. The number of nitrogens with zero attached hydrogens (tertiary/aromatic N) is 4. The van der Waals surface area contributed by atoms with Crippen molar-refractivity contribution in [1.82, 2.24) is 19.8 Å². The minimum Gasteiger partial charge on any atom is -0.443 e. The molecule has 0 radical (unpaired) electrons. The molecule has 0 spiro atoms. The molecule has 4 aromatic rings. The van der Waals surface area contributed by atoms with Crippen LogP contribution in [0.5, 0.6) is 0 Å². The molecular weight excluding hydrogens is 506 g/mol. The fraction of sp³-hybridized carbons (Fsp3) is 0.217. The van der Waals surface area contributed by atoms with Crippen molar-refractivity contribution in [3.63, 3.8) is 0 Å². The maximum atomic E-state index is 13.1. The number of carbonyl (C=O) groups is 1. The summed E-state index contributed by atoms with van der Waals surface area (Å²) in [5, 5.41) is 3.50. The highest BCUT2D eigenvalue weighted by Crippen LogP contribution is 2.35. The van der Waals surface area contributed by atoms with Gasteiger partial charge in [0.25, 0.3) is 10.0 Å². The maximum Gasteiger partial charge on any atom is 0.414 e. The van der Waals surface area contributed by atoms with Crippen molar-refractivity contribution in [2.75, 3.05) is 31.0 Å². The highest BCUT2D eigenvalue weighted by molar-refractivity contribution is 7.94. The summed E-state index contributed by atoms with van der Waals surface area (Å²) in [7, 11) is -2.07. The molecule has 0 aliphatic carbocycles. The van der Waals surface area contributed by atoms with Gasteiger partial charge < -0.3 is 14.6 Å². The third-order valence-electron chi connectivity index (χ3n) is 6.08. The fourth-order valence-electron chi connectivity index (χ4n) is 4.28. The van der Waals surface area contributed by atoms with Crippen molar-refractivity contribution in [2.45, 2.75) is 10.8 Å². The lowest BCUT2D eigenvalue weighted by Crippen LogP contribution is -2.37. The van der Waals surface area contributed by atoms with E-state index in [9.17, 15) is 13.2 Å². The normalized spacial score (nSPS) is 15.9. The summed E-state index contributed by atoms with van der Waals surface area (Å²) in [5.41, 5.74) is 3.05. The van der Waals surface area contributed by atoms with Gasteiger partial charge in [-0.15, -0.1) is 22.7 Å². The Bertz CT molecular complexity index is 1550. The van der Waals surface area contributed by atoms with Crippen molar-refractivity contribution in [2.24, 2.45) is 0 Å². The fourth-order valence-corrected chi connectivity index (χ4v) is 7.55. The van der Waals surface area contributed by atoms with Crippen molar-refractivity contribution in [3.8, 4) is 10.7 Å². The van der Waals surface area contributed by atoms with Crippen molar-refractivity contribution < 1.29 is 17.9 Å². The lowest BCUT2D eigenvalue weighted by molar-refractivity contribution is 0.155. The molecular formula is C23H21N5O4S3. The number of hydrogen-bond acceptors (Lipinski definition) is 8. The number of benzene rings is 1. The average molecular weight is 528 g/mol. The molecule has 1 N–H and O–H groups in total. The van der Waals surface area contributed by atoms with Crippen LogP contribution in [-0.4, -0.2) is 61.0 Å². The Morgan fingerprint density at radius 3 is 2.94 bits per heavy atom. The standard InChI is InChI=1S/C23H21N5O4S3/c1-26(35(30,31)20-6-3-9-33-20)19-5-2-4-15-10-18(25-21(15)19)22-24-11-17(34-22)13-27-7-8-28-16(12-27)14-32-23(28)29/h2-6,9-12,25H,7-8,13-14H2,1H3. The summed E-state index contributed by atoms with van der Waals surface area (Å²) < 4.78 is 32.9. The maximum absolute atomic E-state index is 13.1. The summed E-state index contributed by atoms with van der Waals surface area (Å²) >= 11 is 2.78. The van der Waals surface area contributed by atoms with Gasteiger partial charge in [0, 0.05) is 42.8 Å². The van der Waals surface area contributed by atoms with E-state index in [1.165, 1.54) is 15.6 Å². The molecule has 1 aromatic carbocycles. The van der Waals surface area contributed by atoms with Crippen molar-refractivity contribution >= 4 is 55.4 Å². The number of ether oxygens (including phenoxy) is 1. The second-order valence-electron chi connectivity index (χ2n) is 8.26. The van der Waals surface area contributed by atoms with Crippen LogP contribution in [0.15, 0.2) is 64.1 Å². The number of H-pyrrole nitrogens is 1. The number of sulfonamides is 1. The summed E-state index contributed by atoms with van der Waals surface area (Å²) in [5.74, 6) is 0. The first-order valence-electron chi connectivity index (χ1n) is 10.9. The second kappa shape index (κ2) is 8.40. The SMILES string of the molecule is CN(c1cccc2cc(-c3ncc(CN4C=C5COC(=O)N5CC4)s3)[nH]c12)S(=O)(=O)c1cccs1. The van der Waals surface area contributed by atoms with Crippen LogP contribution in [0.1, 0.15) is 4.88 Å². The zero-order valence-electron chi connectivity index (χ0n) is 18.7. The van der Waals surface area contributed by atoms with Crippen LogP contribution in [0.25, 0.3) is 21.6 Å². The van der Waals surface area contributed by atoms with Crippen LogP contribution in [0.2, 0.25) is 0 Å². The van der Waals surface area contributed by atoms with E-state index >= 15 is 0 Å². The largest absolute Gasteiger partial charge is 0.443 e. The van der Waals surface area contributed by atoms with Gasteiger partial charge in [-0.05, 0) is 23.6 Å². The summed E-state index contributed by atoms with van der Waals surface area (Å²) in [6.07, 6.45) is 3.57. The number of cyclic esters (lactones) is 1. The van der Waals surface area contributed by atoms with Crippen LogP contribution in [0, 0.1) is 0 Å². The van der Waals surface area contributed by atoms with Crippen molar-refractivity contribution in [3.05, 3.63) is 64.7 Å². The molecule has 180 valence electrons. The van der Waals surface area contributed by atoms with E-state index in [-0.39, 0.29) is 6.09 Å². The first-order valence-corrected chi connectivity index (χ1v) is 14.0. The van der Waals surface area contributed by atoms with E-state index in [0.29, 0.717) is 29.6 Å². The third kappa shape index (κ3) is 3.87. The number of fused-ring (bicyclic) bond motifs is 2. The van der Waals surface area contributed by atoms with E-state index in [1.807, 2.05) is 30.6 Å². The molecule has 12 heteroatoms. The number of aromatic nitrogens is 2. The van der Waals surface area contributed by atoms with Crippen LogP contribution in [-0.2, 0) is 21.3 Å². The zero-order chi connectivity index (χ0) is 24.2. The Morgan fingerprint density at radius 2 is 2.11 bits per heavy atom. The van der Waals surface area contributed by atoms with Crippen molar-refractivity contribution in [1.29, 1.82) is 0 Å². The molecule has 35 heavy (non-hydrogen) atoms. The van der Waals surface area contributed by atoms with Gasteiger partial charge in [0.15, 0.2) is 0 Å². The minimum atomic E-state index is -3.64. The number of anilines is 1. The first kappa shape index (κ1) is 22.1. The Labute approximate surface area is 209 Å². The van der Waals surface area contributed by atoms with Gasteiger partial charge in [0.05, 0.1) is 29.1 Å². The second-order valence-corrected chi connectivity index (χ2v) is 12.5. The van der Waals surface area contributed by atoms with Gasteiger partial charge in [-0.1, -0.05) is 18.2 Å². The Hall–Kier alpha value is -3.35. The van der Waals surface area contributed by atoms with E-state index in [0.717, 1.165) is 38.7 Å². The molecule has 0 atom stereocenters. The van der Waals surface area contributed by atoms with Crippen LogP contribution < -0.4 is 4.31 Å². The number of thiophene rings is 1. The van der Waals surface area contributed by atoms with E-state index in [4.69, 9.17) is 4.74 Å². The first-order chi connectivity index (χ1) is 16.9. The van der Waals surface area contributed by atoms with Crippen LogP contribution in [0.4, 0.5) is 10.5 Å². The summed E-state index contributed by atoms with van der Waals surface area (Å²) in [6.45, 7) is 2.35. The number of rotatable bonds is 6. The zero-order valence-corrected chi connectivity index (χ0v) is 21.1. The number of hydrogen-bond donors (Lipinski definition) is 1. The molecule has 6 rings (SSSR count). The van der Waals surface area contributed by atoms with E-state index in [1.54, 1.807) is 46.9 Å². The van der Waals surface area contributed by atoms with Crippen LogP contribution >= 0.6 is 22.7 Å². The molecule has 2 aliphatic rings. The number of aromatic amines is 1. The molecule has 5 heterocycles. The van der Waals surface area contributed by atoms with Crippen LogP contribution in [0.3, 0.4) is 0 Å². The lowest BCUT2D eigenvalue weighted by atomic mass is 10.2. The molecule has 3 aromatic heterocycles. The Kier molecular flexibility index (Phi) is 5.31. The number of thiazole rings is 1. The Morgan fingerprint density at radius 1 is 1.23 bits per heavy atom. The molecule has 0 saturated carbocycles. The molecule has 1 amide bonds. The smallest absolute Gasteiger partial charge is 0.414 e. The molecule has 1 saturated heterocycles. The van der Waals surface area contributed by atoms with Gasteiger partial charge in [-0.25, -0.2) is 18.2 Å². The molecule has 2 aliphatic heterocycles. The van der Waals surface area contributed by atoms with E-state index in [2.05, 4.69) is 14.9 Å². The molecule has 9 nitrogen and oxygen atoms in total. The number of para-hydroxylation sites is 1. The van der Waals surface area contributed by atoms with Gasteiger partial charge in [0.2, 0.25) is 0 Å². The number of nitrogens with one attached hydrogen (secondary N) is 1. The third-order valence-corrected chi connectivity index (χ3v) is 10.2. The van der Waals surface area contributed by atoms with Gasteiger partial charge in [0.1, 0.15) is 15.8 Å².